The Morgan fingerprint density at radius 3 is 2.45 bits per heavy atom. The maximum absolute atomic E-state index is 11.0. The number of rotatable bonds is 8. The highest BCUT2D eigenvalue weighted by atomic mass is 35.5. The van der Waals surface area contributed by atoms with Crippen molar-refractivity contribution in [1.82, 2.24) is 15.3 Å². The van der Waals surface area contributed by atoms with E-state index in [0.29, 0.717) is 28.2 Å². The lowest BCUT2D eigenvalue weighted by Gasteiger charge is -2.13. The molecule has 2 aromatic rings. The van der Waals surface area contributed by atoms with Crippen LogP contribution >= 0.6 is 11.6 Å². The molecule has 0 fully saturated rings. The first-order chi connectivity index (χ1) is 13.8. The van der Waals surface area contributed by atoms with Gasteiger partial charge in [-0.15, -0.1) is 0 Å². The Morgan fingerprint density at radius 1 is 1.21 bits per heavy atom. The minimum Gasteiger partial charge on any atom is -0.484 e. The van der Waals surface area contributed by atoms with E-state index in [2.05, 4.69) is 20.3 Å². The number of halogens is 1. The summed E-state index contributed by atoms with van der Waals surface area (Å²) in [4.78, 5) is 23.7. The van der Waals surface area contributed by atoms with Gasteiger partial charge in [-0.1, -0.05) is 25.4 Å². The third-order valence-corrected chi connectivity index (χ3v) is 3.90. The Kier molecular flexibility index (Phi) is 8.21. The lowest BCUT2D eigenvalue weighted by molar-refractivity contribution is -0.119. The number of aliphatic imine (C=N–C) groups is 1. The number of nitrogens with zero attached hydrogens (tertiary/aromatic N) is 3. The SMILES string of the molecule is CO/C(=N\c1ccc(Oc2cnc(OCC(C)NC(C)=O)cn2)c(Cl)c1)C(C)C. The Labute approximate surface area is 175 Å². The molecule has 1 atom stereocenters. The number of ether oxygens (including phenoxy) is 3. The fourth-order valence-corrected chi connectivity index (χ4v) is 2.54. The number of amides is 1. The smallest absolute Gasteiger partial charge is 0.238 e. The monoisotopic (exact) mass is 420 g/mol. The van der Waals surface area contributed by atoms with Crippen LogP contribution in [0.15, 0.2) is 35.6 Å². The van der Waals surface area contributed by atoms with Crippen molar-refractivity contribution in [2.24, 2.45) is 10.9 Å². The van der Waals surface area contributed by atoms with Gasteiger partial charge in [-0.3, -0.25) is 4.79 Å². The van der Waals surface area contributed by atoms with E-state index in [1.165, 1.54) is 19.3 Å². The number of hydrogen-bond acceptors (Lipinski definition) is 7. The summed E-state index contributed by atoms with van der Waals surface area (Å²) < 4.78 is 16.4. The molecule has 8 nitrogen and oxygen atoms in total. The van der Waals surface area contributed by atoms with E-state index >= 15 is 0 Å². The van der Waals surface area contributed by atoms with Gasteiger partial charge in [0.15, 0.2) is 5.90 Å². The van der Waals surface area contributed by atoms with Crippen molar-refractivity contribution < 1.29 is 19.0 Å². The molecule has 0 aliphatic heterocycles. The molecule has 1 N–H and O–H groups in total. The van der Waals surface area contributed by atoms with Gasteiger partial charge in [-0.25, -0.2) is 15.0 Å². The summed E-state index contributed by atoms with van der Waals surface area (Å²) in [6, 6.07) is 5.03. The Morgan fingerprint density at radius 2 is 1.90 bits per heavy atom. The highest BCUT2D eigenvalue weighted by molar-refractivity contribution is 6.32. The van der Waals surface area contributed by atoms with Gasteiger partial charge in [-0.2, -0.15) is 0 Å². The van der Waals surface area contributed by atoms with Gasteiger partial charge < -0.3 is 19.5 Å². The van der Waals surface area contributed by atoms with E-state index in [-0.39, 0.29) is 30.4 Å². The fourth-order valence-electron chi connectivity index (χ4n) is 2.32. The Hall–Kier alpha value is -2.87. The molecule has 0 spiro atoms. The zero-order chi connectivity index (χ0) is 21.4. The van der Waals surface area contributed by atoms with Crippen molar-refractivity contribution >= 4 is 29.1 Å². The van der Waals surface area contributed by atoms with Crippen molar-refractivity contribution in [2.45, 2.75) is 33.7 Å². The molecule has 1 aromatic heterocycles. The fraction of sp³-hybridized carbons (Fsp3) is 0.400. The van der Waals surface area contributed by atoms with Crippen molar-refractivity contribution in [3.63, 3.8) is 0 Å². The highest BCUT2D eigenvalue weighted by Gasteiger charge is 2.10. The second kappa shape index (κ2) is 10.6. The maximum atomic E-state index is 11.0. The first-order valence-corrected chi connectivity index (χ1v) is 9.48. The summed E-state index contributed by atoms with van der Waals surface area (Å²) in [5, 5.41) is 3.11. The molecule has 1 heterocycles. The number of carbonyl (C=O) groups is 1. The number of aromatic nitrogens is 2. The molecule has 1 aromatic carbocycles. The minimum atomic E-state index is -0.139. The summed E-state index contributed by atoms with van der Waals surface area (Å²) in [5.74, 6) is 1.68. The van der Waals surface area contributed by atoms with Crippen LogP contribution in [0.25, 0.3) is 0 Å². The van der Waals surface area contributed by atoms with E-state index in [0.717, 1.165) is 0 Å². The van der Waals surface area contributed by atoms with E-state index in [4.69, 9.17) is 25.8 Å². The number of benzene rings is 1. The van der Waals surface area contributed by atoms with Crippen molar-refractivity contribution in [2.75, 3.05) is 13.7 Å². The van der Waals surface area contributed by atoms with E-state index in [1.54, 1.807) is 25.3 Å². The van der Waals surface area contributed by atoms with Crippen LogP contribution < -0.4 is 14.8 Å². The van der Waals surface area contributed by atoms with Crippen LogP contribution in [0.5, 0.6) is 17.5 Å². The van der Waals surface area contributed by atoms with Gasteiger partial charge in [0.25, 0.3) is 0 Å². The summed E-state index contributed by atoms with van der Waals surface area (Å²) in [5.41, 5.74) is 0.663. The summed E-state index contributed by atoms with van der Waals surface area (Å²) in [6.45, 7) is 7.55. The van der Waals surface area contributed by atoms with Crippen LogP contribution in [0.4, 0.5) is 5.69 Å². The van der Waals surface area contributed by atoms with Gasteiger partial charge in [-0.05, 0) is 25.1 Å². The van der Waals surface area contributed by atoms with Gasteiger partial charge in [0.1, 0.15) is 12.4 Å². The standard InChI is InChI=1S/C20H25ClN4O4/c1-12(2)20(27-5)25-15-6-7-17(16(21)8-15)29-19-10-22-18(9-23-19)28-11-13(3)24-14(4)26/h6-10,12-13H,11H2,1-5H3,(H,24,26)/b25-20-. The highest BCUT2D eigenvalue weighted by Crippen LogP contribution is 2.32. The zero-order valence-electron chi connectivity index (χ0n) is 17.1. The zero-order valence-corrected chi connectivity index (χ0v) is 17.9. The molecule has 0 saturated carbocycles. The van der Waals surface area contributed by atoms with Crippen LogP contribution in [0.1, 0.15) is 27.7 Å². The van der Waals surface area contributed by atoms with Gasteiger partial charge >= 0.3 is 0 Å². The van der Waals surface area contributed by atoms with Crippen molar-refractivity contribution in [1.29, 1.82) is 0 Å². The normalized spacial score (nSPS) is 12.4. The molecule has 1 unspecified atom stereocenters. The van der Waals surface area contributed by atoms with Crippen molar-refractivity contribution in [3.8, 4) is 17.5 Å². The average molecular weight is 421 g/mol. The summed E-state index contributed by atoms with van der Waals surface area (Å²) >= 11 is 6.30. The van der Waals surface area contributed by atoms with Crippen LogP contribution in [0.3, 0.4) is 0 Å². The lowest BCUT2D eigenvalue weighted by Crippen LogP contribution is -2.35. The number of methoxy groups -OCH3 is 1. The van der Waals surface area contributed by atoms with Crippen LogP contribution in [-0.2, 0) is 9.53 Å². The topological polar surface area (TPSA) is 94.9 Å². The van der Waals surface area contributed by atoms with E-state index in [9.17, 15) is 4.79 Å². The van der Waals surface area contributed by atoms with Crippen molar-refractivity contribution in [3.05, 3.63) is 35.6 Å². The molecule has 29 heavy (non-hydrogen) atoms. The molecule has 0 aliphatic rings. The lowest BCUT2D eigenvalue weighted by atomic mass is 10.2. The van der Waals surface area contributed by atoms with Gasteiger partial charge in [0, 0.05) is 12.8 Å². The molecule has 0 saturated heterocycles. The Bertz CT molecular complexity index is 856. The predicted molar refractivity (Wildman–Crippen MR) is 111 cm³/mol. The molecule has 9 heteroatoms. The average Bonchev–Trinajstić information content (AvgIpc) is 2.66. The summed E-state index contributed by atoms with van der Waals surface area (Å²) in [6.07, 6.45) is 2.87. The van der Waals surface area contributed by atoms with Crippen LogP contribution in [-0.4, -0.2) is 41.5 Å². The van der Waals surface area contributed by atoms with E-state index < -0.39 is 0 Å². The predicted octanol–water partition coefficient (Wildman–Crippen LogP) is 4.16. The molecule has 0 radical (unpaired) electrons. The number of hydrogen-bond donors (Lipinski definition) is 1. The maximum Gasteiger partial charge on any atom is 0.238 e. The quantitative estimate of drug-likeness (QED) is 0.509. The van der Waals surface area contributed by atoms with Crippen LogP contribution in [0.2, 0.25) is 5.02 Å². The molecular weight excluding hydrogens is 396 g/mol. The third-order valence-electron chi connectivity index (χ3n) is 3.61. The molecule has 1 amide bonds. The third kappa shape index (κ3) is 7.23. The minimum absolute atomic E-state index is 0.118. The molecule has 0 aliphatic carbocycles. The molecular formula is C20H25ClN4O4. The first-order valence-electron chi connectivity index (χ1n) is 9.10. The Balaban J connectivity index is 2.00. The first kappa shape index (κ1) is 22.4. The second-order valence-electron chi connectivity index (χ2n) is 6.63. The van der Waals surface area contributed by atoms with E-state index in [1.807, 2.05) is 20.8 Å². The molecule has 0 bridgehead atoms. The number of carbonyl (C=O) groups excluding carboxylic acids is 1. The van der Waals surface area contributed by atoms with Gasteiger partial charge in [0.05, 0.1) is 36.3 Å². The molecule has 156 valence electrons. The van der Waals surface area contributed by atoms with Gasteiger partial charge in [0.2, 0.25) is 17.7 Å². The largest absolute Gasteiger partial charge is 0.484 e. The van der Waals surface area contributed by atoms with Crippen LogP contribution in [0, 0.1) is 5.92 Å². The second-order valence-corrected chi connectivity index (χ2v) is 7.04. The number of nitrogens with one attached hydrogen (secondary N) is 1. The molecule has 2 rings (SSSR count). The summed E-state index contributed by atoms with van der Waals surface area (Å²) in [7, 11) is 1.59.